The smallest absolute Gasteiger partial charge is 0.241 e. The van der Waals surface area contributed by atoms with Gasteiger partial charge in [0.1, 0.15) is 6.04 Å². The summed E-state index contributed by atoms with van der Waals surface area (Å²) in [6.07, 6.45) is 1.98. The first-order valence-electron chi connectivity index (χ1n) is 7.24. The minimum atomic E-state index is -3.73. The Morgan fingerprint density at radius 2 is 1.86 bits per heavy atom. The first kappa shape index (κ1) is 18.4. The molecule has 1 aromatic rings. The Balaban J connectivity index is 2.93. The Morgan fingerprint density at radius 3 is 2.36 bits per heavy atom. The molecule has 2 N–H and O–H groups in total. The molecule has 0 fully saturated rings. The van der Waals surface area contributed by atoms with E-state index in [4.69, 9.17) is 0 Å². The van der Waals surface area contributed by atoms with E-state index in [9.17, 15) is 13.2 Å². The van der Waals surface area contributed by atoms with Crippen LogP contribution in [0.1, 0.15) is 25.8 Å². The number of rotatable bonds is 8. The topological polar surface area (TPSA) is 75.3 Å². The summed E-state index contributed by atoms with van der Waals surface area (Å²) in [5, 5.41) is 2.64. The monoisotopic (exact) mass is 324 g/mol. The van der Waals surface area contributed by atoms with Crippen LogP contribution in [0.15, 0.2) is 41.8 Å². The van der Waals surface area contributed by atoms with Gasteiger partial charge in [0.15, 0.2) is 0 Å². The number of carbonyl (C=O) groups excluding carboxylic acids is 1. The van der Waals surface area contributed by atoms with E-state index in [-0.39, 0.29) is 16.7 Å². The van der Waals surface area contributed by atoms with Crippen LogP contribution in [0.25, 0.3) is 0 Å². The Hall–Kier alpha value is -1.66. The van der Waals surface area contributed by atoms with Crippen LogP contribution < -0.4 is 10.0 Å². The van der Waals surface area contributed by atoms with Gasteiger partial charge in [-0.2, -0.15) is 4.72 Å². The fraction of sp³-hybridized carbons (Fsp3) is 0.438. The van der Waals surface area contributed by atoms with Crippen LogP contribution >= 0.6 is 0 Å². The Bertz CT molecular complexity index is 607. The summed E-state index contributed by atoms with van der Waals surface area (Å²) in [6, 6.07) is 5.72. The van der Waals surface area contributed by atoms with E-state index in [2.05, 4.69) is 16.6 Å². The number of carbonyl (C=O) groups is 1. The van der Waals surface area contributed by atoms with E-state index >= 15 is 0 Å². The fourth-order valence-electron chi connectivity index (χ4n) is 1.95. The van der Waals surface area contributed by atoms with Gasteiger partial charge in [0.25, 0.3) is 0 Å². The zero-order chi connectivity index (χ0) is 16.8. The predicted octanol–water partition coefficient (Wildman–Crippen LogP) is 1.99. The number of nitrogens with one attached hydrogen (secondary N) is 2. The highest BCUT2D eigenvalue weighted by molar-refractivity contribution is 7.89. The van der Waals surface area contributed by atoms with Gasteiger partial charge in [-0.25, -0.2) is 8.42 Å². The van der Waals surface area contributed by atoms with Crippen LogP contribution in [0.2, 0.25) is 0 Å². The molecule has 0 aliphatic carbocycles. The summed E-state index contributed by atoms with van der Waals surface area (Å²) >= 11 is 0. The first-order chi connectivity index (χ1) is 10.3. The lowest BCUT2D eigenvalue weighted by atomic mass is 10.0. The van der Waals surface area contributed by atoms with E-state index in [1.165, 1.54) is 12.1 Å². The number of hydrogen-bond acceptors (Lipinski definition) is 3. The van der Waals surface area contributed by atoms with Crippen molar-refractivity contribution in [3.05, 3.63) is 42.5 Å². The summed E-state index contributed by atoms with van der Waals surface area (Å²) < 4.78 is 27.3. The van der Waals surface area contributed by atoms with Crippen molar-refractivity contribution in [3.8, 4) is 0 Å². The molecule has 0 unspecified atom stereocenters. The SMILES string of the molecule is C=CCNC(=O)[C@@H](CC(C)C)NS(=O)(=O)c1ccc(C)cc1. The molecule has 0 saturated carbocycles. The number of aryl methyl sites for hydroxylation is 1. The highest BCUT2D eigenvalue weighted by Gasteiger charge is 2.26. The maximum absolute atomic E-state index is 12.4. The van der Waals surface area contributed by atoms with Gasteiger partial charge in [-0.05, 0) is 31.4 Å². The Morgan fingerprint density at radius 1 is 1.27 bits per heavy atom. The van der Waals surface area contributed by atoms with Gasteiger partial charge in [-0.3, -0.25) is 4.79 Å². The first-order valence-corrected chi connectivity index (χ1v) is 8.72. The molecule has 0 aliphatic heterocycles. The van der Waals surface area contributed by atoms with Crippen molar-refractivity contribution in [1.29, 1.82) is 0 Å². The molecule has 0 aromatic heterocycles. The van der Waals surface area contributed by atoms with Crippen LogP contribution in [0.5, 0.6) is 0 Å². The van der Waals surface area contributed by atoms with Gasteiger partial charge in [0.05, 0.1) is 4.90 Å². The van der Waals surface area contributed by atoms with Gasteiger partial charge < -0.3 is 5.32 Å². The third kappa shape index (κ3) is 5.61. The average molecular weight is 324 g/mol. The molecule has 0 spiro atoms. The van der Waals surface area contributed by atoms with E-state index in [0.717, 1.165) is 5.56 Å². The molecule has 1 atom stereocenters. The van der Waals surface area contributed by atoms with Crippen LogP contribution in [0.3, 0.4) is 0 Å². The predicted molar refractivity (Wildman–Crippen MR) is 88.0 cm³/mol. The largest absolute Gasteiger partial charge is 0.351 e. The summed E-state index contributed by atoms with van der Waals surface area (Å²) in [7, 11) is -3.73. The Labute approximate surface area is 132 Å². The zero-order valence-corrected chi connectivity index (χ0v) is 14.1. The molecular formula is C16H24N2O3S. The highest BCUT2D eigenvalue weighted by Crippen LogP contribution is 2.13. The van der Waals surface area contributed by atoms with Gasteiger partial charge in [0.2, 0.25) is 15.9 Å². The lowest BCUT2D eigenvalue weighted by Gasteiger charge is -2.20. The van der Waals surface area contributed by atoms with Gasteiger partial charge in [0, 0.05) is 6.54 Å². The lowest BCUT2D eigenvalue weighted by molar-refractivity contribution is -0.122. The minimum absolute atomic E-state index is 0.156. The van der Waals surface area contributed by atoms with Crippen molar-refractivity contribution in [3.63, 3.8) is 0 Å². The fourth-order valence-corrected chi connectivity index (χ4v) is 3.16. The van der Waals surface area contributed by atoms with E-state index < -0.39 is 16.1 Å². The maximum atomic E-state index is 12.4. The van der Waals surface area contributed by atoms with Crippen molar-refractivity contribution in [2.24, 2.45) is 5.92 Å². The highest BCUT2D eigenvalue weighted by atomic mass is 32.2. The van der Waals surface area contributed by atoms with Crippen molar-refractivity contribution < 1.29 is 13.2 Å². The number of hydrogen-bond donors (Lipinski definition) is 2. The summed E-state index contributed by atoms with van der Waals surface area (Å²) in [4.78, 5) is 12.3. The molecule has 1 rings (SSSR count). The number of sulfonamides is 1. The van der Waals surface area contributed by atoms with Crippen LogP contribution in [-0.2, 0) is 14.8 Å². The molecule has 6 heteroatoms. The molecule has 0 bridgehead atoms. The van der Waals surface area contributed by atoms with Crippen LogP contribution in [0, 0.1) is 12.8 Å². The van der Waals surface area contributed by atoms with Crippen molar-refractivity contribution in [2.75, 3.05) is 6.54 Å². The van der Waals surface area contributed by atoms with Gasteiger partial charge in [-0.15, -0.1) is 6.58 Å². The third-order valence-electron chi connectivity index (χ3n) is 3.07. The minimum Gasteiger partial charge on any atom is -0.351 e. The summed E-state index contributed by atoms with van der Waals surface area (Å²) in [5.41, 5.74) is 0.974. The van der Waals surface area contributed by atoms with Gasteiger partial charge >= 0.3 is 0 Å². The molecule has 5 nitrogen and oxygen atoms in total. The quantitative estimate of drug-likeness (QED) is 0.718. The third-order valence-corrected chi connectivity index (χ3v) is 4.56. The normalized spacial score (nSPS) is 12.9. The van der Waals surface area contributed by atoms with E-state index in [1.54, 1.807) is 18.2 Å². The standard InChI is InChI=1S/C16H24N2O3S/c1-5-10-17-16(19)15(11-12(2)3)18-22(20,21)14-8-6-13(4)7-9-14/h5-9,12,15,18H,1,10-11H2,2-4H3,(H,17,19)/t15-/m1/s1. The second kappa shape index (κ2) is 8.10. The molecular weight excluding hydrogens is 300 g/mol. The Kier molecular flexibility index (Phi) is 6.77. The van der Waals surface area contributed by atoms with Crippen molar-refractivity contribution in [2.45, 2.75) is 38.1 Å². The summed E-state index contributed by atoms with van der Waals surface area (Å²) in [5.74, 6) is -0.163. The molecule has 0 saturated heterocycles. The molecule has 22 heavy (non-hydrogen) atoms. The van der Waals surface area contributed by atoms with E-state index in [0.29, 0.717) is 13.0 Å². The average Bonchev–Trinajstić information content (AvgIpc) is 2.43. The second-order valence-corrected chi connectivity index (χ2v) is 7.36. The second-order valence-electron chi connectivity index (χ2n) is 5.65. The van der Waals surface area contributed by atoms with Gasteiger partial charge in [-0.1, -0.05) is 37.6 Å². The molecule has 0 heterocycles. The van der Waals surface area contributed by atoms with Crippen molar-refractivity contribution in [1.82, 2.24) is 10.0 Å². The zero-order valence-electron chi connectivity index (χ0n) is 13.3. The number of amides is 1. The molecule has 122 valence electrons. The van der Waals surface area contributed by atoms with Crippen LogP contribution in [-0.4, -0.2) is 26.9 Å². The lowest BCUT2D eigenvalue weighted by Crippen LogP contribution is -2.47. The maximum Gasteiger partial charge on any atom is 0.241 e. The van der Waals surface area contributed by atoms with E-state index in [1.807, 2.05) is 20.8 Å². The molecule has 1 amide bonds. The van der Waals surface area contributed by atoms with Crippen molar-refractivity contribution >= 4 is 15.9 Å². The molecule has 1 aromatic carbocycles. The number of benzene rings is 1. The van der Waals surface area contributed by atoms with Crippen LogP contribution in [0.4, 0.5) is 0 Å². The molecule has 0 aliphatic rings. The molecule has 0 radical (unpaired) electrons. The summed E-state index contributed by atoms with van der Waals surface area (Å²) in [6.45, 7) is 9.60.